The molecule has 1 saturated heterocycles. The van der Waals surface area contributed by atoms with Crippen molar-refractivity contribution in [2.45, 2.75) is 24.9 Å². The maximum atomic E-state index is 11.2. The summed E-state index contributed by atoms with van der Waals surface area (Å²) >= 11 is 0. The molecule has 1 fully saturated rings. The number of carboxylic acids is 1. The van der Waals surface area contributed by atoms with E-state index < -0.39 is 12.0 Å². The number of anilines is 1. The molecule has 0 aromatic carbocycles. The molecule has 0 aliphatic carbocycles. The van der Waals surface area contributed by atoms with Gasteiger partial charge in [0.05, 0.1) is 5.69 Å². The molecule has 16 heavy (non-hydrogen) atoms. The van der Waals surface area contributed by atoms with Crippen LogP contribution in [0.1, 0.15) is 12.8 Å². The summed E-state index contributed by atoms with van der Waals surface area (Å²) in [4.78, 5) is 13.1. The van der Waals surface area contributed by atoms with Crippen LogP contribution < -0.4 is 10.6 Å². The first-order chi connectivity index (χ1) is 7.63. The Kier molecular flexibility index (Phi) is 2.87. The summed E-state index contributed by atoms with van der Waals surface area (Å²) in [5.74, 6) is -0.764. The van der Waals surface area contributed by atoms with Gasteiger partial charge in [0.15, 0.2) is 0 Å². The molecule has 0 radical (unpaired) electrons. The van der Waals surface area contributed by atoms with Crippen LogP contribution in [0.3, 0.4) is 0 Å². The SMILES string of the molecule is Cn1ccc(N2C(CN)CCC2C(=O)O)c1. The number of aryl methyl sites for hydroxylation is 1. The Labute approximate surface area is 94.5 Å². The molecule has 0 spiro atoms. The molecule has 5 heteroatoms. The summed E-state index contributed by atoms with van der Waals surface area (Å²) < 4.78 is 1.92. The number of carboxylic acid groups (broad SMARTS) is 1. The van der Waals surface area contributed by atoms with Crippen molar-refractivity contribution in [3.63, 3.8) is 0 Å². The van der Waals surface area contributed by atoms with Gasteiger partial charge in [0, 0.05) is 32.0 Å². The predicted molar refractivity (Wildman–Crippen MR) is 61.4 cm³/mol. The topological polar surface area (TPSA) is 71.5 Å². The lowest BCUT2D eigenvalue weighted by molar-refractivity contribution is -0.138. The fourth-order valence-electron chi connectivity index (χ4n) is 2.39. The highest BCUT2D eigenvalue weighted by Gasteiger charge is 2.37. The van der Waals surface area contributed by atoms with Gasteiger partial charge in [0.2, 0.25) is 0 Å². The number of aliphatic carboxylic acids is 1. The van der Waals surface area contributed by atoms with E-state index in [1.807, 2.05) is 35.0 Å². The van der Waals surface area contributed by atoms with Gasteiger partial charge in [-0.3, -0.25) is 0 Å². The molecular weight excluding hydrogens is 206 g/mol. The van der Waals surface area contributed by atoms with Crippen LogP contribution in [0.4, 0.5) is 5.69 Å². The van der Waals surface area contributed by atoms with Crippen LogP contribution in [0.25, 0.3) is 0 Å². The second-order valence-electron chi connectivity index (χ2n) is 4.26. The molecule has 1 aliphatic rings. The highest BCUT2D eigenvalue weighted by molar-refractivity contribution is 5.79. The van der Waals surface area contributed by atoms with Gasteiger partial charge in [0.25, 0.3) is 0 Å². The summed E-state index contributed by atoms with van der Waals surface area (Å²) in [7, 11) is 1.92. The fourth-order valence-corrected chi connectivity index (χ4v) is 2.39. The third kappa shape index (κ3) is 1.78. The Bertz CT molecular complexity index is 388. The van der Waals surface area contributed by atoms with Gasteiger partial charge in [-0.15, -0.1) is 0 Å². The van der Waals surface area contributed by atoms with Crippen LogP contribution in [-0.4, -0.2) is 34.3 Å². The van der Waals surface area contributed by atoms with Gasteiger partial charge in [-0.25, -0.2) is 4.79 Å². The smallest absolute Gasteiger partial charge is 0.326 e. The van der Waals surface area contributed by atoms with Crippen molar-refractivity contribution < 1.29 is 9.90 Å². The number of nitrogens with zero attached hydrogens (tertiary/aromatic N) is 2. The summed E-state index contributed by atoms with van der Waals surface area (Å²) in [6.07, 6.45) is 5.37. The van der Waals surface area contributed by atoms with Gasteiger partial charge < -0.3 is 20.3 Å². The van der Waals surface area contributed by atoms with Gasteiger partial charge in [0.1, 0.15) is 6.04 Å². The van der Waals surface area contributed by atoms with Crippen LogP contribution in [0.15, 0.2) is 18.5 Å². The first kappa shape index (κ1) is 11.0. The maximum Gasteiger partial charge on any atom is 0.326 e. The molecular formula is C11H17N3O2. The zero-order valence-corrected chi connectivity index (χ0v) is 9.34. The first-order valence-corrected chi connectivity index (χ1v) is 5.46. The van der Waals surface area contributed by atoms with Crippen LogP contribution in [0.5, 0.6) is 0 Å². The number of carbonyl (C=O) groups is 1. The van der Waals surface area contributed by atoms with E-state index in [2.05, 4.69) is 0 Å². The van der Waals surface area contributed by atoms with E-state index in [-0.39, 0.29) is 6.04 Å². The minimum atomic E-state index is -0.764. The highest BCUT2D eigenvalue weighted by atomic mass is 16.4. The molecule has 88 valence electrons. The Hall–Kier alpha value is -1.49. The monoisotopic (exact) mass is 223 g/mol. The maximum absolute atomic E-state index is 11.2. The number of hydrogen-bond acceptors (Lipinski definition) is 3. The largest absolute Gasteiger partial charge is 0.480 e. The molecule has 1 aromatic rings. The normalized spacial score (nSPS) is 25.0. The van der Waals surface area contributed by atoms with E-state index >= 15 is 0 Å². The molecule has 2 rings (SSSR count). The lowest BCUT2D eigenvalue weighted by Crippen LogP contribution is -2.43. The van der Waals surface area contributed by atoms with E-state index in [4.69, 9.17) is 5.73 Å². The van der Waals surface area contributed by atoms with E-state index in [0.29, 0.717) is 13.0 Å². The standard InChI is InChI=1S/C11H17N3O2/c1-13-5-4-9(7-13)14-8(6-12)2-3-10(14)11(15)16/h4-5,7-8,10H,2-3,6,12H2,1H3,(H,15,16). The Balaban J connectivity index is 2.29. The highest BCUT2D eigenvalue weighted by Crippen LogP contribution is 2.30. The summed E-state index contributed by atoms with van der Waals surface area (Å²) in [6.45, 7) is 0.499. The Morgan fingerprint density at radius 2 is 2.38 bits per heavy atom. The molecule has 3 N–H and O–H groups in total. The average Bonchev–Trinajstić information content (AvgIpc) is 2.82. The first-order valence-electron chi connectivity index (χ1n) is 5.46. The molecule has 0 bridgehead atoms. The Morgan fingerprint density at radius 1 is 1.62 bits per heavy atom. The molecule has 2 atom stereocenters. The lowest BCUT2D eigenvalue weighted by atomic mass is 10.2. The molecule has 2 unspecified atom stereocenters. The Morgan fingerprint density at radius 3 is 2.88 bits per heavy atom. The van der Waals surface area contributed by atoms with Crippen molar-refractivity contribution in [1.29, 1.82) is 0 Å². The number of aromatic nitrogens is 1. The number of rotatable bonds is 3. The molecule has 0 saturated carbocycles. The fraction of sp³-hybridized carbons (Fsp3) is 0.545. The average molecular weight is 223 g/mol. The van der Waals surface area contributed by atoms with Gasteiger partial charge in [-0.1, -0.05) is 0 Å². The number of hydrogen-bond donors (Lipinski definition) is 2. The van der Waals surface area contributed by atoms with Crippen LogP contribution in [-0.2, 0) is 11.8 Å². The molecule has 1 aliphatic heterocycles. The van der Waals surface area contributed by atoms with E-state index in [9.17, 15) is 9.90 Å². The molecule has 2 heterocycles. The van der Waals surface area contributed by atoms with Crippen molar-refractivity contribution in [3.8, 4) is 0 Å². The van der Waals surface area contributed by atoms with Crippen molar-refractivity contribution in [1.82, 2.24) is 4.57 Å². The van der Waals surface area contributed by atoms with E-state index in [1.165, 1.54) is 0 Å². The quantitative estimate of drug-likeness (QED) is 0.778. The predicted octanol–water partition coefficient (Wildman–Crippen LogP) is 0.406. The third-order valence-electron chi connectivity index (χ3n) is 3.17. The number of nitrogens with two attached hydrogens (primary N) is 1. The van der Waals surface area contributed by atoms with Crippen molar-refractivity contribution in [2.24, 2.45) is 12.8 Å². The van der Waals surface area contributed by atoms with E-state index in [1.54, 1.807) is 0 Å². The molecule has 5 nitrogen and oxygen atoms in total. The minimum absolute atomic E-state index is 0.142. The van der Waals surface area contributed by atoms with Gasteiger partial charge >= 0.3 is 5.97 Å². The van der Waals surface area contributed by atoms with Crippen molar-refractivity contribution in [3.05, 3.63) is 18.5 Å². The second kappa shape index (κ2) is 4.17. The van der Waals surface area contributed by atoms with E-state index in [0.717, 1.165) is 12.1 Å². The van der Waals surface area contributed by atoms with Crippen molar-refractivity contribution >= 4 is 11.7 Å². The van der Waals surface area contributed by atoms with Crippen LogP contribution in [0, 0.1) is 0 Å². The van der Waals surface area contributed by atoms with Crippen molar-refractivity contribution in [2.75, 3.05) is 11.4 Å². The lowest BCUT2D eigenvalue weighted by Gasteiger charge is -2.28. The summed E-state index contributed by atoms with van der Waals surface area (Å²) in [5, 5.41) is 9.18. The zero-order valence-electron chi connectivity index (χ0n) is 9.34. The summed E-state index contributed by atoms with van der Waals surface area (Å²) in [5.41, 5.74) is 6.64. The van der Waals surface area contributed by atoms with Crippen LogP contribution >= 0.6 is 0 Å². The molecule has 1 aromatic heterocycles. The minimum Gasteiger partial charge on any atom is -0.480 e. The van der Waals surface area contributed by atoms with Crippen LogP contribution in [0.2, 0.25) is 0 Å². The zero-order chi connectivity index (χ0) is 11.7. The summed E-state index contributed by atoms with van der Waals surface area (Å²) in [6, 6.07) is 1.64. The van der Waals surface area contributed by atoms with Gasteiger partial charge in [-0.05, 0) is 18.9 Å². The third-order valence-corrected chi connectivity index (χ3v) is 3.17. The molecule has 0 amide bonds. The van der Waals surface area contributed by atoms with Gasteiger partial charge in [-0.2, -0.15) is 0 Å². The second-order valence-corrected chi connectivity index (χ2v) is 4.26.